The van der Waals surface area contributed by atoms with E-state index in [1.54, 1.807) is 6.20 Å². The standard InChI is InChI=1S/C16H18BrClN2O/c1-3-8-21-14-5-4-13(17)9-12(14)10-20-15-11(2)6-7-19-16(15)18/h4-7,9,20H,3,8,10H2,1-2H3. The number of rotatable bonds is 6. The van der Waals surface area contributed by atoms with Crippen molar-refractivity contribution in [2.24, 2.45) is 0 Å². The molecule has 0 spiro atoms. The summed E-state index contributed by atoms with van der Waals surface area (Å²) in [7, 11) is 0. The predicted molar refractivity (Wildman–Crippen MR) is 91.2 cm³/mol. The third-order valence-corrected chi connectivity index (χ3v) is 3.83. The van der Waals surface area contributed by atoms with E-state index < -0.39 is 0 Å². The average molecular weight is 370 g/mol. The van der Waals surface area contributed by atoms with Gasteiger partial charge >= 0.3 is 0 Å². The second-order valence-electron chi connectivity index (χ2n) is 4.75. The molecule has 0 bridgehead atoms. The maximum atomic E-state index is 6.14. The van der Waals surface area contributed by atoms with E-state index in [0.29, 0.717) is 18.3 Å². The first-order chi connectivity index (χ1) is 10.1. The number of pyridine rings is 1. The number of hydrogen-bond donors (Lipinski definition) is 1. The molecule has 1 N–H and O–H groups in total. The van der Waals surface area contributed by atoms with E-state index in [2.05, 4.69) is 39.2 Å². The lowest BCUT2D eigenvalue weighted by Crippen LogP contribution is -2.06. The van der Waals surface area contributed by atoms with Crippen LogP contribution in [0.2, 0.25) is 5.15 Å². The molecule has 112 valence electrons. The Balaban J connectivity index is 2.17. The van der Waals surface area contributed by atoms with Crippen LogP contribution in [0, 0.1) is 6.92 Å². The minimum absolute atomic E-state index is 0.487. The lowest BCUT2D eigenvalue weighted by molar-refractivity contribution is 0.314. The van der Waals surface area contributed by atoms with Crippen molar-refractivity contribution < 1.29 is 4.74 Å². The van der Waals surface area contributed by atoms with Crippen molar-refractivity contribution in [3.8, 4) is 5.75 Å². The largest absolute Gasteiger partial charge is 0.493 e. The van der Waals surface area contributed by atoms with Crippen LogP contribution in [0.15, 0.2) is 34.9 Å². The zero-order valence-electron chi connectivity index (χ0n) is 12.1. The van der Waals surface area contributed by atoms with Crippen LogP contribution >= 0.6 is 27.5 Å². The molecule has 0 fully saturated rings. The number of hydrogen-bond acceptors (Lipinski definition) is 3. The van der Waals surface area contributed by atoms with Gasteiger partial charge in [-0.25, -0.2) is 4.98 Å². The maximum absolute atomic E-state index is 6.14. The second kappa shape index (κ2) is 7.66. The van der Waals surface area contributed by atoms with Crippen LogP contribution in [0.1, 0.15) is 24.5 Å². The maximum Gasteiger partial charge on any atom is 0.152 e. The van der Waals surface area contributed by atoms with Crippen LogP contribution in [-0.2, 0) is 6.54 Å². The number of anilines is 1. The van der Waals surface area contributed by atoms with Crippen molar-refractivity contribution >= 4 is 33.2 Å². The Kier molecular flexibility index (Phi) is 5.88. The van der Waals surface area contributed by atoms with Gasteiger partial charge in [0.2, 0.25) is 0 Å². The Morgan fingerprint density at radius 2 is 2.14 bits per heavy atom. The summed E-state index contributed by atoms with van der Waals surface area (Å²) in [6, 6.07) is 7.95. The fourth-order valence-corrected chi connectivity index (χ4v) is 2.64. The number of ether oxygens (including phenoxy) is 1. The first-order valence-electron chi connectivity index (χ1n) is 6.88. The summed E-state index contributed by atoms with van der Waals surface area (Å²) < 4.78 is 6.81. The molecule has 2 aromatic rings. The molecule has 0 radical (unpaired) electrons. The summed E-state index contributed by atoms with van der Waals surface area (Å²) >= 11 is 9.63. The zero-order chi connectivity index (χ0) is 15.2. The normalized spacial score (nSPS) is 10.5. The van der Waals surface area contributed by atoms with Gasteiger partial charge in [0, 0.05) is 22.8 Å². The monoisotopic (exact) mass is 368 g/mol. The van der Waals surface area contributed by atoms with Crippen LogP contribution in [0.5, 0.6) is 5.75 Å². The number of nitrogens with zero attached hydrogens (tertiary/aromatic N) is 1. The highest BCUT2D eigenvalue weighted by Crippen LogP contribution is 2.27. The number of benzene rings is 1. The lowest BCUT2D eigenvalue weighted by atomic mass is 10.2. The van der Waals surface area contributed by atoms with Gasteiger partial charge in [-0.15, -0.1) is 0 Å². The Hall–Kier alpha value is -1.26. The first kappa shape index (κ1) is 16.1. The summed E-state index contributed by atoms with van der Waals surface area (Å²) in [5.41, 5.74) is 3.01. The summed E-state index contributed by atoms with van der Waals surface area (Å²) in [5.74, 6) is 0.894. The molecule has 3 nitrogen and oxygen atoms in total. The van der Waals surface area contributed by atoms with Crippen LogP contribution in [0.3, 0.4) is 0 Å². The highest BCUT2D eigenvalue weighted by atomic mass is 79.9. The van der Waals surface area contributed by atoms with E-state index in [0.717, 1.165) is 33.5 Å². The summed E-state index contributed by atoms with van der Waals surface area (Å²) in [6.45, 7) is 5.44. The van der Waals surface area contributed by atoms with Gasteiger partial charge < -0.3 is 10.1 Å². The molecule has 5 heteroatoms. The lowest BCUT2D eigenvalue weighted by Gasteiger charge is -2.14. The van der Waals surface area contributed by atoms with E-state index in [9.17, 15) is 0 Å². The SMILES string of the molecule is CCCOc1ccc(Br)cc1CNc1c(C)ccnc1Cl. The fraction of sp³-hybridized carbons (Fsp3) is 0.312. The van der Waals surface area contributed by atoms with Crippen LogP contribution in [0.25, 0.3) is 0 Å². The van der Waals surface area contributed by atoms with E-state index in [1.165, 1.54) is 0 Å². The highest BCUT2D eigenvalue weighted by molar-refractivity contribution is 9.10. The van der Waals surface area contributed by atoms with Gasteiger partial charge in [0.15, 0.2) is 5.15 Å². The number of halogens is 2. The Morgan fingerprint density at radius 1 is 1.33 bits per heavy atom. The third-order valence-electron chi connectivity index (χ3n) is 3.05. The van der Waals surface area contributed by atoms with Crippen molar-refractivity contribution in [1.29, 1.82) is 0 Å². The zero-order valence-corrected chi connectivity index (χ0v) is 14.5. The second-order valence-corrected chi connectivity index (χ2v) is 6.02. The van der Waals surface area contributed by atoms with Crippen LogP contribution in [-0.4, -0.2) is 11.6 Å². The Labute approximate surface area is 138 Å². The molecule has 0 unspecified atom stereocenters. The van der Waals surface area contributed by atoms with Crippen LogP contribution in [0.4, 0.5) is 5.69 Å². The van der Waals surface area contributed by atoms with E-state index in [4.69, 9.17) is 16.3 Å². The van der Waals surface area contributed by atoms with Gasteiger partial charge in [-0.05, 0) is 43.2 Å². The van der Waals surface area contributed by atoms with Crippen LogP contribution < -0.4 is 10.1 Å². The van der Waals surface area contributed by atoms with E-state index in [-0.39, 0.29) is 0 Å². The third kappa shape index (κ3) is 4.35. The van der Waals surface area contributed by atoms with E-state index >= 15 is 0 Å². The topological polar surface area (TPSA) is 34.1 Å². The first-order valence-corrected chi connectivity index (χ1v) is 8.05. The molecule has 0 atom stereocenters. The predicted octanol–water partition coefficient (Wildman–Crippen LogP) is 5.21. The van der Waals surface area contributed by atoms with E-state index in [1.807, 2.05) is 25.1 Å². The molecule has 2 rings (SSSR count). The minimum Gasteiger partial charge on any atom is -0.493 e. The molecule has 1 aromatic carbocycles. The molecule has 0 aliphatic heterocycles. The molecule has 1 heterocycles. The van der Waals surface area contributed by atoms with Crippen molar-refractivity contribution in [3.63, 3.8) is 0 Å². The van der Waals surface area contributed by atoms with Gasteiger partial charge in [0.1, 0.15) is 5.75 Å². The molecule has 0 amide bonds. The van der Waals surface area contributed by atoms with Gasteiger partial charge in [-0.3, -0.25) is 0 Å². The van der Waals surface area contributed by atoms with Gasteiger partial charge in [0.25, 0.3) is 0 Å². The number of aryl methyl sites for hydroxylation is 1. The van der Waals surface area contributed by atoms with Crippen molar-refractivity contribution in [2.45, 2.75) is 26.8 Å². The van der Waals surface area contributed by atoms with Crippen molar-refractivity contribution in [3.05, 3.63) is 51.2 Å². The summed E-state index contributed by atoms with van der Waals surface area (Å²) in [6.07, 6.45) is 2.69. The number of nitrogens with one attached hydrogen (secondary N) is 1. The minimum atomic E-state index is 0.487. The molecular weight excluding hydrogens is 352 g/mol. The fourth-order valence-electron chi connectivity index (χ4n) is 1.96. The smallest absolute Gasteiger partial charge is 0.152 e. The molecule has 21 heavy (non-hydrogen) atoms. The quantitative estimate of drug-likeness (QED) is 0.710. The molecule has 0 aliphatic rings. The summed E-state index contributed by atoms with van der Waals surface area (Å²) in [4.78, 5) is 4.10. The van der Waals surface area contributed by atoms with Gasteiger partial charge in [-0.1, -0.05) is 34.5 Å². The molecular formula is C16H18BrClN2O. The highest BCUT2D eigenvalue weighted by Gasteiger charge is 2.08. The van der Waals surface area contributed by atoms with Crippen molar-refractivity contribution in [1.82, 2.24) is 4.98 Å². The van der Waals surface area contributed by atoms with Crippen molar-refractivity contribution in [2.75, 3.05) is 11.9 Å². The van der Waals surface area contributed by atoms with Gasteiger partial charge in [-0.2, -0.15) is 0 Å². The Bertz CT molecular complexity index is 599. The number of aromatic nitrogens is 1. The molecule has 0 saturated heterocycles. The summed E-state index contributed by atoms with van der Waals surface area (Å²) in [5, 5.41) is 3.83. The molecule has 1 aromatic heterocycles. The molecule has 0 saturated carbocycles. The Morgan fingerprint density at radius 3 is 2.86 bits per heavy atom. The average Bonchev–Trinajstić information content (AvgIpc) is 2.46. The molecule has 0 aliphatic carbocycles. The van der Waals surface area contributed by atoms with Gasteiger partial charge in [0.05, 0.1) is 12.3 Å².